The maximum Gasteiger partial charge on any atom is 0.387 e. The lowest BCUT2D eigenvalue weighted by molar-refractivity contribution is -0.0505. The van der Waals surface area contributed by atoms with Crippen molar-refractivity contribution in [1.29, 1.82) is 0 Å². The van der Waals surface area contributed by atoms with Gasteiger partial charge in [-0.15, -0.1) is 0 Å². The molecule has 0 aliphatic carbocycles. The first-order valence-electron chi connectivity index (χ1n) is 6.54. The van der Waals surface area contributed by atoms with Crippen LogP contribution in [0.3, 0.4) is 0 Å². The van der Waals surface area contributed by atoms with Crippen molar-refractivity contribution in [2.75, 3.05) is 5.32 Å². The van der Waals surface area contributed by atoms with Crippen LogP contribution in [-0.4, -0.2) is 6.61 Å². The molecule has 1 atom stereocenters. The molecule has 2 aromatic carbocycles. The maximum absolute atomic E-state index is 13.5. The Morgan fingerprint density at radius 1 is 1.05 bits per heavy atom. The second-order valence-corrected chi connectivity index (χ2v) is 4.69. The van der Waals surface area contributed by atoms with Gasteiger partial charge in [0.25, 0.3) is 0 Å². The molecule has 1 N–H and O–H groups in total. The molecule has 0 saturated carbocycles. The van der Waals surface area contributed by atoms with Crippen LogP contribution in [0, 0.1) is 12.7 Å². The Morgan fingerprint density at radius 2 is 1.76 bits per heavy atom. The highest BCUT2D eigenvalue weighted by atomic mass is 19.3. The smallest absolute Gasteiger partial charge is 0.387 e. The van der Waals surface area contributed by atoms with E-state index < -0.39 is 6.61 Å². The van der Waals surface area contributed by atoms with Crippen molar-refractivity contribution in [1.82, 2.24) is 0 Å². The Labute approximate surface area is 121 Å². The normalized spacial score (nSPS) is 12.3. The number of alkyl halides is 2. The fourth-order valence-electron chi connectivity index (χ4n) is 2.12. The number of nitrogens with one attached hydrogen (secondary N) is 1. The molecule has 5 heteroatoms. The van der Waals surface area contributed by atoms with E-state index in [1.54, 1.807) is 44.2 Å². The van der Waals surface area contributed by atoms with Crippen molar-refractivity contribution >= 4 is 5.69 Å². The lowest BCUT2D eigenvalue weighted by atomic mass is 10.1. The maximum atomic E-state index is 13.5. The van der Waals surface area contributed by atoms with Crippen LogP contribution in [0.5, 0.6) is 5.75 Å². The van der Waals surface area contributed by atoms with E-state index in [4.69, 9.17) is 0 Å². The first-order valence-corrected chi connectivity index (χ1v) is 6.54. The highest BCUT2D eigenvalue weighted by molar-refractivity contribution is 5.53. The summed E-state index contributed by atoms with van der Waals surface area (Å²) in [6, 6.07) is 11.0. The summed E-state index contributed by atoms with van der Waals surface area (Å²) in [5.41, 5.74) is 1.69. The van der Waals surface area contributed by atoms with Gasteiger partial charge in [-0.1, -0.05) is 24.3 Å². The minimum atomic E-state index is -2.88. The first-order chi connectivity index (χ1) is 9.99. The lowest BCUT2D eigenvalue weighted by Crippen LogP contribution is -2.11. The number of hydrogen-bond acceptors (Lipinski definition) is 2. The van der Waals surface area contributed by atoms with Gasteiger partial charge in [0.2, 0.25) is 0 Å². The van der Waals surface area contributed by atoms with Gasteiger partial charge in [-0.3, -0.25) is 0 Å². The summed E-state index contributed by atoms with van der Waals surface area (Å²) in [6.07, 6.45) is 0. The summed E-state index contributed by atoms with van der Waals surface area (Å²) in [7, 11) is 0. The second kappa shape index (κ2) is 6.52. The zero-order valence-electron chi connectivity index (χ0n) is 11.7. The van der Waals surface area contributed by atoms with Crippen LogP contribution in [0.4, 0.5) is 18.9 Å². The minimum absolute atomic E-state index is 0.113. The largest absolute Gasteiger partial charge is 0.434 e. The van der Waals surface area contributed by atoms with Gasteiger partial charge in [-0.25, -0.2) is 4.39 Å². The van der Waals surface area contributed by atoms with Crippen molar-refractivity contribution in [3.05, 3.63) is 59.4 Å². The molecule has 2 rings (SSSR count). The molecule has 0 spiro atoms. The van der Waals surface area contributed by atoms with E-state index in [0.29, 0.717) is 16.8 Å². The lowest BCUT2D eigenvalue weighted by Gasteiger charge is -2.20. The Hall–Kier alpha value is -2.17. The highest BCUT2D eigenvalue weighted by Crippen LogP contribution is 2.30. The van der Waals surface area contributed by atoms with Gasteiger partial charge in [-0.05, 0) is 32.0 Å². The molecule has 2 nitrogen and oxygen atoms in total. The molecule has 0 fully saturated rings. The Bertz CT molecular complexity index is 616. The van der Waals surface area contributed by atoms with Gasteiger partial charge in [0, 0.05) is 16.8 Å². The fraction of sp³-hybridized carbons (Fsp3) is 0.250. The van der Waals surface area contributed by atoms with E-state index in [2.05, 4.69) is 10.1 Å². The molecule has 0 aromatic heterocycles. The number of ether oxygens (including phenoxy) is 1. The summed E-state index contributed by atoms with van der Waals surface area (Å²) in [6.45, 7) is 0.582. The van der Waals surface area contributed by atoms with Gasteiger partial charge in [0.1, 0.15) is 11.6 Å². The van der Waals surface area contributed by atoms with E-state index in [0.717, 1.165) is 0 Å². The molecular weight excluding hydrogens is 279 g/mol. The number of benzene rings is 2. The molecule has 0 heterocycles. The quantitative estimate of drug-likeness (QED) is 0.846. The SMILES string of the molecule is Cc1c(F)cccc1NC(C)c1ccccc1OC(F)F. The zero-order chi connectivity index (χ0) is 15.4. The fourth-order valence-corrected chi connectivity index (χ4v) is 2.12. The average Bonchev–Trinajstić information content (AvgIpc) is 2.44. The van der Waals surface area contributed by atoms with Crippen molar-refractivity contribution in [2.24, 2.45) is 0 Å². The van der Waals surface area contributed by atoms with E-state index in [9.17, 15) is 13.2 Å². The average molecular weight is 295 g/mol. The summed E-state index contributed by atoms with van der Waals surface area (Å²) < 4.78 is 42.9. The molecule has 0 radical (unpaired) electrons. The third-order valence-electron chi connectivity index (χ3n) is 3.24. The standard InChI is InChI=1S/C16H16F3NO/c1-10-13(17)7-5-8-14(10)20-11(2)12-6-3-4-9-15(12)21-16(18)19/h3-9,11,16,20H,1-2H3. The van der Waals surface area contributed by atoms with Gasteiger partial charge < -0.3 is 10.1 Å². The minimum Gasteiger partial charge on any atom is -0.434 e. The Kier molecular flexibility index (Phi) is 4.73. The first kappa shape index (κ1) is 15.2. The Morgan fingerprint density at radius 3 is 2.48 bits per heavy atom. The molecule has 21 heavy (non-hydrogen) atoms. The van der Waals surface area contributed by atoms with E-state index >= 15 is 0 Å². The summed E-state index contributed by atoms with van der Waals surface area (Å²) >= 11 is 0. The monoisotopic (exact) mass is 295 g/mol. The van der Waals surface area contributed by atoms with Crippen molar-refractivity contribution in [3.63, 3.8) is 0 Å². The third kappa shape index (κ3) is 3.68. The number of para-hydroxylation sites is 1. The molecule has 2 aromatic rings. The van der Waals surface area contributed by atoms with Gasteiger partial charge in [0.15, 0.2) is 0 Å². The third-order valence-corrected chi connectivity index (χ3v) is 3.24. The predicted octanol–water partition coefficient (Wildman–Crippen LogP) is 4.91. The molecule has 0 aliphatic rings. The predicted molar refractivity (Wildman–Crippen MR) is 76.2 cm³/mol. The van der Waals surface area contributed by atoms with E-state index in [-0.39, 0.29) is 17.6 Å². The summed E-state index contributed by atoms with van der Waals surface area (Å²) in [4.78, 5) is 0. The van der Waals surface area contributed by atoms with Crippen molar-refractivity contribution < 1.29 is 17.9 Å². The molecule has 0 saturated heterocycles. The zero-order valence-corrected chi connectivity index (χ0v) is 11.7. The van der Waals surface area contributed by atoms with Crippen LogP contribution in [0.1, 0.15) is 24.1 Å². The number of halogens is 3. The topological polar surface area (TPSA) is 21.3 Å². The van der Waals surface area contributed by atoms with Crippen LogP contribution in [-0.2, 0) is 0 Å². The Balaban J connectivity index is 2.24. The van der Waals surface area contributed by atoms with Crippen LogP contribution >= 0.6 is 0 Å². The van der Waals surface area contributed by atoms with E-state index in [1.807, 2.05) is 0 Å². The second-order valence-electron chi connectivity index (χ2n) is 4.69. The number of rotatable bonds is 5. The van der Waals surface area contributed by atoms with Gasteiger partial charge in [0.05, 0.1) is 6.04 Å². The molecular formula is C16H16F3NO. The van der Waals surface area contributed by atoms with Crippen LogP contribution in [0.2, 0.25) is 0 Å². The van der Waals surface area contributed by atoms with Crippen LogP contribution in [0.25, 0.3) is 0 Å². The van der Waals surface area contributed by atoms with Crippen molar-refractivity contribution in [3.8, 4) is 5.75 Å². The van der Waals surface area contributed by atoms with Gasteiger partial charge in [-0.2, -0.15) is 8.78 Å². The molecule has 112 valence electrons. The summed E-state index contributed by atoms with van der Waals surface area (Å²) in [5, 5.41) is 3.12. The number of hydrogen-bond donors (Lipinski definition) is 1. The summed E-state index contributed by atoms with van der Waals surface area (Å²) in [5.74, 6) is -0.203. The van der Waals surface area contributed by atoms with Crippen molar-refractivity contribution in [2.45, 2.75) is 26.5 Å². The van der Waals surface area contributed by atoms with E-state index in [1.165, 1.54) is 12.1 Å². The van der Waals surface area contributed by atoms with Crippen LogP contribution in [0.15, 0.2) is 42.5 Å². The molecule has 0 amide bonds. The number of anilines is 1. The van der Waals surface area contributed by atoms with Crippen LogP contribution < -0.4 is 10.1 Å². The van der Waals surface area contributed by atoms with Gasteiger partial charge >= 0.3 is 6.61 Å². The molecule has 1 unspecified atom stereocenters. The molecule has 0 bridgehead atoms. The highest BCUT2D eigenvalue weighted by Gasteiger charge is 2.15. The molecule has 0 aliphatic heterocycles.